The summed E-state index contributed by atoms with van der Waals surface area (Å²) >= 11 is 0. The fourth-order valence-electron chi connectivity index (χ4n) is 2.40. The predicted octanol–water partition coefficient (Wildman–Crippen LogP) is 0.581. The third-order valence-corrected chi connectivity index (χ3v) is 5.33. The number of ether oxygens (including phenoxy) is 1. The van der Waals surface area contributed by atoms with Crippen LogP contribution < -0.4 is 5.32 Å². The van der Waals surface area contributed by atoms with Gasteiger partial charge in [-0.3, -0.25) is 9.59 Å². The molecule has 1 heterocycles. The lowest BCUT2D eigenvalue weighted by molar-refractivity contribution is -0.144. The highest BCUT2D eigenvalue weighted by Crippen LogP contribution is 2.30. The molecule has 0 aromatic heterocycles. The lowest BCUT2D eigenvalue weighted by Crippen LogP contribution is -2.41. The van der Waals surface area contributed by atoms with E-state index < -0.39 is 22.0 Å². The van der Waals surface area contributed by atoms with Gasteiger partial charge in [0.25, 0.3) is 0 Å². The number of esters is 1. The van der Waals surface area contributed by atoms with Crippen molar-refractivity contribution in [3.05, 3.63) is 24.3 Å². The van der Waals surface area contributed by atoms with Crippen molar-refractivity contribution in [3.8, 4) is 0 Å². The topological polar surface area (TPSA) is 92.8 Å². The molecule has 1 N–H and O–H groups in total. The van der Waals surface area contributed by atoms with E-state index in [0.29, 0.717) is 19.3 Å². The molecule has 2 rings (SSSR count). The molecule has 0 aliphatic carbocycles. The minimum Gasteiger partial charge on any atom is -0.468 e. The Morgan fingerprint density at radius 2 is 2.14 bits per heavy atom. The lowest BCUT2D eigenvalue weighted by Gasteiger charge is -2.23. The summed E-state index contributed by atoms with van der Waals surface area (Å²) in [5, 5.41) is 2.36. The van der Waals surface area contributed by atoms with Crippen LogP contribution in [-0.2, 0) is 24.3 Å². The van der Waals surface area contributed by atoms with Gasteiger partial charge in [0, 0.05) is 6.54 Å². The molecule has 21 heavy (non-hydrogen) atoms. The second-order valence-corrected chi connectivity index (χ2v) is 6.41. The van der Waals surface area contributed by atoms with Crippen LogP contribution in [0.1, 0.15) is 12.8 Å². The van der Waals surface area contributed by atoms with Gasteiger partial charge in [0.05, 0.1) is 12.8 Å². The van der Waals surface area contributed by atoms with E-state index in [1.54, 1.807) is 12.1 Å². The summed E-state index contributed by atoms with van der Waals surface area (Å²) in [5.74, 6) is -0.572. The van der Waals surface area contributed by atoms with Gasteiger partial charge in [0.2, 0.25) is 16.4 Å². The average Bonchev–Trinajstić information content (AvgIpc) is 2.97. The molecule has 7 nitrogen and oxygen atoms in total. The maximum atomic E-state index is 12.7. The number of rotatable bonds is 5. The number of benzene rings is 1. The van der Waals surface area contributed by atoms with Gasteiger partial charge in [0.15, 0.2) is 0 Å². The molecule has 1 aliphatic heterocycles. The average molecular weight is 312 g/mol. The largest absolute Gasteiger partial charge is 0.468 e. The van der Waals surface area contributed by atoms with Crippen molar-refractivity contribution in [2.24, 2.45) is 0 Å². The first kappa shape index (κ1) is 15.5. The van der Waals surface area contributed by atoms with Gasteiger partial charge in [0.1, 0.15) is 10.9 Å². The number of hydrogen-bond donors (Lipinski definition) is 1. The smallest absolute Gasteiger partial charge is 0.324 e. The van der Waals surface area contributed by atoms with Gasteiger partial charge in [-0.05, 0) is 25.0 Å². The number of nitrogens with one attached hydrogen (secondary N) is 1. The zero-order chi connectivity index (χ0) is 15.5. The van der Waals surface area contributed by atoms with Gasteiger partial charge in [-0.25, -0.2) is 8.42 Å². The second kappa shape index (κ2) is 6.23. The fraction of sp³-hybridized carbons (Fsp3) is 0.385. The Kier molecular flexibility index (Phi) is 4.59. The van der Waals surface area contributed by atoms with Crippen molar-refractivity contribution in [2.45, 2.75) is 23.8 Å². The summed E-state index contributed by atoms with van der Waals surface area (Å²) in [5.41, 5.74) is 0.183. The molecule has 0 radical (unpaired) electrons. The number of hydrogen-bond acceptors (Lipinski definition) is 5. The monoisotopic (exact) mass is 312 g/mol. The molecular formula is C13H16N2O5S. The molecule has 1 fully saturated rings. The van der Waals surface area contributed by atoms with Crippen LogP contribution in [0.3, 0.4) is 0 Å². The van der Waals surface area contributed by atoms with Crippen LogP contribution >= 0.6 is 0 Å². The second-order valence-electron chi connectivity index (χ2n) is 4.56. The maximum Gasteiger partial charge on any atom is 0.324 e. The summed E-state index contributed by atoms with van der Waals surface area (Å²) in [6, 6.07) is 5.25. The van der Waals surface area contributed by atoms with Crippen molar-refractivity contribution in [1.82, 2.24) is 4.31 Å². The standard InChI is InChI=1S/C13H16N2O5S/c1-20-13(17)11-6-4-8-15(11)21(18,19)12-7-3-2-5-10(12)14-9-16/h2-3,5,7,9,11H,4,6,8H2,1H3,(H,14,16). The number of sulfonamides is 1. The van der Waals surface area contributed by atoms with Crippen LogP contribution in [0.25, 0.3) is 0 Å². The summed E-state index contributed by atoms with van der Waals surface area (Å²) < 4.78 is 31.2. The van der Waals surface area contributed by atoms with Gasteiger partial charge >= 0.3 is 5.97 Å². The van der Waals surface area contributed by atoms with Gasteiger partial charge in [-0.15, -0.1) is 0 Å². The van der Waals surface area contributed by atoms with E-state index in [9.17, 15) is 18.0 Å². The third kappa shape index (κ3) is 2.91. The van der Waals surface area contributed by atoms with Gasteiger partial charge in [-0.1, -0.05) is 12.1 Å². The van der Waals surface area contributed by atoms with Crippen molar-refractivity contribution < 1.29 is 22.7 Å². The molecule has 1 aromatic carbocycles. The molecule has 114 valence electrons. The highest BCUT2D eigenvalue weighted by Gasteiger charge is 2.40. The Hall–Kier alpha value is -1.93. The summed E-state index contributed by atoms with van der Waals surface area (Å²) in [6.45, 7) is 0.248. The third-order valence-electron chi connectivity index (χ3n) is 3.37. The van der Waals surface area contributed by atoms with Crippen molar-refractivity contribution >= 4 is 28.1 Å². The lowest BCUT2D eigenvalue weighted by atomic mass is 10.2. The summed E-state index contributed by atoms with van der Waals surface area (Å²) in [7, 11) is -2.66. The number of para-hydroxylation sites is 1. The number of anilines is 1. The highest BCUT2D eigenvalue weighted by molar-refractivity contribution is 7.89. The Labute approximate surface area is 122 Å². The normalized spacial score (nSPS) is 19.2. The van der Waals surface area contributed by atoms with E-state index in [1.807, 2.05) is 0 Å². The van der Waals surface area contributed by atoms with Crippen molar-refractivity contribution in [1.29, 1.82) is 0 Å². The van der Waals surface area contributed by atoms with Crippen LogP contribution in [0.5, 0.6) is 0 Å². The SMILES string of the molecule is COC(=O)C1CCCN1S(=O)(=O)c1ccccc1NC=O. The molecule has 0 spiro atoms. The Balaban J connectivity index is 2.42. The number of methoxy groups -OCH3 is 1. The molecule has 1 atom stereocenters. The molecule has 0 saturated carbocycles. The zero-order valence-corrected chi connectivity index (χ0v) is 12.3. The van der Waals surface area contributed by atoms with E-state index >= 15 is 0 Å². The molecule has 1 aliphatic rings. The van der Waals surface area contributed by atoms with Gasteiger partial charge < -0.3 is 10.1 Å². The number of carbonyl (C=O) groups is 2. The minimum absolute atomic E-state index is 0.0343. The molecular weight excluding hydrogens is 296 g/mol. The predicted molar refractivity (Wildman–Crippen MR) is 75.1 cm³/mol. The number of carbonyl (C=O) groups excluding carboxylic acids is 2. The first-order chi connectivity index (χ1) is 10.0. The summed E-state index contributed by atoms with van der Waals surface area (Å²) in [4.78, 5) is 22.3. The Morgan fingerprint density at radius 1 is 1.43 bits per heavy atom. The molecule has 8 heteroatoms. The minimum atomic E-state index is -3.88. The van der Waals surface area contributed by atoms with E-state index in [4.69, 9.17) is 0 Å². The quantitative estimate of drug-likeness (QED) is 0.634. The van der Waals surface area contributed by atoms with Crippen LogP contribution in [0.2, 0.25) is 0 Å². The molecule has 1 unspecified atom stereocenters. The molecule has 0 bridgehead atoms. The number of amides is 1. The Morgan fingerprint density at radius 3 is 2.81 bits per heavy atom. The van der Waals surface area contributed by atoms with Crippen LogP contribution in [0.4, 0.5) is 5.69 Å². The first-order valence-electron chi connectivity index (χ1n) is 6.41. The fourth-order valence-corrected chi connectivity index (χ4v) is 4.20. The van der Waals surface area contributed by atoms with Crippen LogP contribution in [0, 0.1) is 0 Å². The number of nitrogens with zero attached hydrogens (tertiary/aromatic N) is 1. The molecule has 1 aromatic rings. The van der Waals surface area contributed by atoms with E-state index in [2.05, 4.69) is 10.1 Å². The Bertz CT molecular complexity index is 644. The van der Waals surface area contributed by atoms with Crippen molar-refractivity contribution in [3.63, 3.8) is 0 Å². The van der Waals surface area contributed by atoms with E-state index in [-0.39, 0.29) is 17.1 Å². The molecule has 1 saturated heterocycles. The highest BCUT2D eigenvalue weighted by atomic mass is 32.2. The van der Waals surface area contributed by atoms with Crippen LogP contribution in [-0.4, -0.2) is 44.8 Å². The molecule has 1 amide bonds. The van der Waals surface area contributed by atoms with Crippen LogP contribution in [0.15, 0.2) is 29.2 Å². The van der Waals surface area contributed by atoms with Crippen molar-refractivity contribution in [2.75, 3.05) is 19.0 Å². The first-order valence-corrected chi connectivity index (χ1v) is 7.85. The summed E-state index contributed by atoms with van der Waals surface area (Å²) in [6.07, 6.45) is 1.42. The van der Waals surface area contributed by atoms with Gasteiger partial charge in [-0.2, -0.15) is 4.31 Å². The van der Waals surface area contributed by atoms with E-state index in [1.165, 1.54) is 19.2 Å². The zero-order valence-electron chi connectivity index (χ0n) is 11.5. The van der Waals surface area contributed by atoms with E-state index in [0.717, 1.165) is 4.31 Å². The maximum absolute atomic E-state index is 12.7.